The predicted octanol–water partition coefficient (Wildman–Crippen LogP) is 4.53. The van der Waals surface area contributed by atoms with Crippen LogP contribution in [0.25, 0.3) is 0 Å². The van der Waals surface area contributed by atoms with Crippen molar-refractivity contribution < 1.29 is 9.47 Å². The SMILES string of the molecule is CCCCC(Cl)OCCOC(Cl)CCCC. The molecule has 0 aliphatic carbocycles. The van der Waals surface area contributed by atoms with Crippen LogP contribution in [0.1, 0.15) is 52.4 Å². The van der Waals surface area contributed by atoms with Gasteiger partial charge >= 0.3 is 0 Å². The molecule has 0 fully saturated rings. The summed E-state index contributed by atoms with van der Waals surface area (Å²) in [5.74, 6) is 0. The van der Waals surface area contributed by atoms with Crippen LogP contribution in [0.15, 0.2) is 0 Å². The Bertz CT molecular complexity index is 129. The summed E-state index contributed by atoms with van der Waals surface area (Å²) >= 11 is 11.9. The fourth-order valence-corrected chi connectivity index (χ4v) is 1.73. The van der Waals surface area contributed by atoms with Crippen LogP contribution in [-0.4, -0.2) is 24.3 Å². The molecule has 2 unspecified atom stereocenters. The third-order valence-corrected chi connectivity index (χ3v) is 2.94. The number of hydrogen-bond donors (Lipinski definition) is 0. The van der Waals surface area contributed by atoms with E-state index in [0.717, 1.165) is 38.5 Å². The van der Waals surface area contributed by atoms with Crippen molar-refractivity contribution >= 4 is 23.2 Å². The second-order valence-corrected chi connectivity index (χ2v) is 4.82. The summed E-state index contributed by atoms with van der Waals surface area (Å²) in [7, 11) is 0. The van der Waals surface area contributed by atoms with Crippen molar-refractivity contribution in [2.24, 2.45) is 0 Å². The Balaban J connectivity index is 3.24. The van der Waals surface area contributed by atoms with Crippen LogP contribution in [0.4, 0.5) is 0 Å². The van der Waals surface area contributed by atoms with Crippen LogP contribution in [0.2, 0.25) is 0 Å². The molecule has 0 aliphatic heterocycles. The first kappa shape index (κ1) is 16.5. The normalized spacial score (nSPS) is 15.0. The zero-order chi connectivity index (χ0) is 12.2. The van der Waals surface area contributed by atoms with Gasteiger partial charge in [-0.15, -0.1) is 0 Å². The van der Waals surface area contributed by atoms with Crippen molar-refractivity contribution in [1.82, 2.24) is 0 Å². The molecule has 0 bridgehead atoms. The minimum Gasteiger partial charge on any atom is -0.360 e. The van der Waals surface area contributed by atoms with Gasteiger partial charge in [0.25, 0.3) is 0 Å². The van der Waals surface area contributed by atoms with E-state index < -0.39 is 0 Å². The average molecular weight is 271 g/mol. The third-order valence-electron chi connectivity index (χ3n) is 2.25. The maximum Gasteiger partial charge on any atom is 0.131 e. The minimum absolute atomic E-state index is 0.187. The van der Waals surface area contributed by atoms with Crippen LogP contribution in [0.5, 0.6) is 0 Å². The van der Waals surface area contributed by atoms with E-state index in [2.05, 4.69) is 13.8 Å². The van der Waals surface area contributed by atoms with Crippen LogP contribution in [0.3, 0.4) is 0 Å². The third kappa shape index (κ3) is 11.0. The summed E-state index contributed by atoms with van der Waals surface area (Å²) in [5.41, 5.74) is -0.374. The largest absolute Gasteiger partial charge is 0.360 e. The van der Waals surface area contributed by atoms with Gasteiger partial charge in [0.15, 0.2) is 0 Å². The molecule has 98 valence electrons. The first-order chi connectivity index (χ1) is 7.70. The van der Waals surface area contributed by atoms with Crippen LogP contribution in [-0.2, 0) is 9.47 Å². The quantitative estimate of drug-likeness (QED) is 0.406. The molecule has 4 heteroatoms. The molecule has 0 aromatic rings. The summed E-state index contributed by atoms with van der Waals surface area (Å²) in [6.07, 6.45) is 6.29. The molecule has 0 saturated heterocycles. The molecule has 0 aliphatic rings. The molecule has 0 N–H and O–H groups in total. The van der Waals surface area contributed by atoms with Crippen LogP contribution < -0.4 is 0 Å². The van der Waals surface area contributed by atoms with Crippen molar-refractivity contribution in [3.8, 4) is 0 Å². The van der Waals surface area contributed by atoms with E-state index in [1.54, 1.807) is 0 Å². The van der Waals surface area contributed by atoms with E-state index in [1.807, 2.05) is 0 Å². The molecule has 0 aromatic heterocycles. The smallest absolute Gasteiger partial charge is 0.131 e. The number of halogens is 2. The zero-order valence-corrected chi connectivity index (χ0v) is 11.9. The number of ether oxygens (including phenoxy) is 2. The average Bonchev–Trinajstić information content (AvgIpc) is 2.29. The van der Waals surface area contributed by atoms with Crippen molar-refractivity contribution in [1.29, 1.82) is 0 Å². The zero-order valence-electron chi connectivity index (χ0n) is 10.4. The molecule has 0 aromatic carbocycles. The van der Waals surface area contributed by atoms with Crippen molar-refractivity contribution in [2.45, 2.75) is 63.5 Å². The molecule has 0 saturated carbocycles. The topological polar surface area (TPSA) is 18.5 Å². The van der Waals surface area contributed by atoms with Gasteiger partial charge in [0, 0.05) is 0 Å². The fourth-order valence-electron chi connectivity index (χ4n) is 1.25. The van der Waals surface area contributed by atoms with E-state index in [0.29, 0.717) is 13.2 Å². The van der Waals surface area contributed by atoms with Crippen LogP contribution in [0, 0.1) is 0 Å². The maximum absolute atomic E-state index is 5.95. The van der Waals surface area contributed by atoms with E-state index in [-0.39, 0.29) is 11.1 Å². The summed E-state index contributed by atoms with van der Waals surface area (Å²) in [5, 5.41) is 0. The van der Waals surface area contributed by atoms with Gasteiger partial charge in [0.05, 0.1) is 13.2 Å². The standard InChI is InChI=1S/C12H24Cl2O2/c1-3-5-7-11(13)15-9-10-16-12(14)8-6-4-2/h11-12H,3-10H2,1-2H3. The molecule has 0 radical (unpaired) electrons. The predicted molar refractivity (Wildman–Crippen MR) is 70.2 cm³/mol. The van der Waals surface area contributed by atoms with Gasteiger partial charge in [-0.2, -0.15) is 0 Å². The summed E-state index contributed by atoms with van der Waals surface area (Å²) in [6.45, 7) is 5.32. The summed E-state index contributed by atoms with van der Waals surface area (Å²) < 4.78 is 10.8. The Morgan fingerprint density at radius 3 is 1.50 bits per heavy atom. The second kappa shape index (κ2) is 12.0. The van der Waals surface area contributed by atoms with Gasteiger partial charge in [0.1, 0.15) is 11.1 Å². The highest BCUT2D eigenvalue weighted by molar-refractivity contribution is 6.19. The minimum atomic E-state index is -0.187. The lowest BCUT2D eigenvalue weighted by Gasteiger charge is -2.13. The monoisotopic (exact) mass is 270 g/mol. The molecule has 0 amide bonds. The van der Waals surface area contributed by atoms with Gasteiger partial charge in [0.2, 0.25) is 0 Å². The molecule has 0 rings (SSSR count). The number of rotatable bonds is 11. The first-order valence-corrected chi connectivity index (χ1v) is 7.09. The lowest BCUT2D eigenvalue weighted by molar-refractivity contribution is 0.0187. The lowest BCUT2D eigenvalue weighted by atomic mass is 10.3. The van der Waals surface area contributed by atoms with Gasteiger partial charge in [-0.05, 0) is 25.7 Å². The Kier molecular flexibility index (Phi) is 12.3. The van der Waals surface area contributed by atoms with Gasteiger partial charge in [-0.3, -0.25) is 0 Å². The molecular weight excluding hydrogens is 247 g/mol. The first-order valence-electron chi connectivity index (χ1n) is 6.22. The fraction of sp³-hybridized carbons (Fsp3) is 1.00. The lowest BCUT2D eigenvalue weighted by Crippen LogP contribution is -2.14. The second-order valence-electron chi connectivity index (χ2n) is 3.85. The number of unbranched alkanes of at least 4 members (excludes halogenated alkanes) is 2. The molecule has 0 heterocycles. The maximum atomic E-state index is 5.95. The van der Waals surface area contributed by atoms with Crippen molar-refractivity contribution in [2.75, 3.05) is 13.2 Å². The Hall–Kier alpha value is 0.500. The number of alkyl halides is 2. The van der Waals surface area contributed by atoms with Gasteiger partial charge in [-0.1, -0.05) is 49.9 Å². The van der Waals surface area contributed by atoms with E-state index in [1.165, 1.54) is 0 Å². The molecule has 2 nitrogen and oxygen atoms in total. The summed E-state index contributed by atoms with van der Waals surface area (Å²) in [6, 6.07) is 0. The van der Waals surface area contributed by atoms with Crippen molar-refractivity contribution in [3.05, 3.63) is 0 Å². The van der Waals surface area contributed by atoms with Gasteiger partial charge in [-0.25, -0.2) is 0 Å². The highest BCUT2D eigenvalue weighted by Gasteiger charge is 2.06. The molecule has 16 heavy (non-hydrogen) atoms. The Morgan fingerprint density at radius 1 is 0.812 bits per heavy atom. The molecular formula is C12H24Cl2O2. The van der Waals surface area contributed by atoms with E-state index >= 15 is 0 Å². The summed E-state index contributed by atoms with van der Waals surface area (Å²) in [4.78, 5) is 0. The molecule has 0 spiro atoms. The number of hydrogen-bond acceptors (Lipinski definition) is 2. The van der Waals surface area contributed by atoms with Crippen LogP contribution >= 0.6 is 23.2 Å². The van der Waals surface area contributed by atoms with E-state index in [4.69, 9.17) is 32.7 Å². The van der Waals surface area contributed by atoms with Gasteiger partial charge < -0.3 is 9.47 Å². The van der Waals surface area contributed by atoms with Crippen molar-refractivity contribution in [3.63, 3.8) is 0 Å². The highest BCUT2D eigenvalue weighted by atomic mass is 35.5. The Labute approximate surface area is 110 Å². The Morgan fingerprint density at radius 2 is 1.19 bits per heavy atom. The highest BCUT2D eigenvalue weighted by Crippen LogP contribution is 2.11. The van der Waals surface area contributed by atoms with E-state index in [9.17, 15) is 0 Å². The molecule has 2 atom stereocenters.